The molecule has 1 unspecified atom stereocenters. The molecule has 1 aliphatic heterocycles. The van der Waals surface area contributed by atoms with Crippen LogP contribution >= 0.6 is 39.9 Å². The zero-order valence-electron chi connectivity index (χ0n) is 15.1. The van der Waals surface area contributed by atoms with Gasteiger partial charge in [0.15, 0.2) is 6.04 Å². The molecule has 0 bridgehead atoms. The number of rotatable bonds is 6. The molecular weight excluding hydrogens is 458 g/mol. The van der Waals surface area contributed by atoms with Gasteiger partial charge in [0, 0.05) is 4.47 Å². The van der Waals surface area contributed by atoms with Crippen molar-refractivity contribution in [3.63, 3.8) is 0 Å². The molecule has 3 rings (SSSR count). The van der Waals surface area contributed by atoms with Gasteiger partial charge in [0.05, 0.1) is 11.5 Å². The fraction of sp³-hybridized carbons (Fsp3) is 0.190. The highest BCUT2D eigenvalue weighted by atomic mass is 79.9. The monoisotopic (exact) mass is 475 g/mol. The van der Waals surface area contributed by atoms with Crippen molar-refractivity contribution in [1.82, 2.24) is 4.90 Å². The molecule has 4 nitrogen and oxygen atoms in total. The molecule has 0 aliphatic carbocycles. The first-order chi connectivity index (χ1) is 13.5. The van der Waals surface area contributed by atoms with E-state index in [1.54, 1.807) is 18.2 Å². The molecule has 2 aromatic carbocycles. The Morgan fingerprint density at radius 1 is 1.25 bits per heavy atom. The van der Waals surface area contributed by atoms with Crippen molar-refractivity contribution in [1.29, 1.82) is 0 Å². The van der Waals surface area contributed by atoms with Gasteiger partial charge in [0.25, 0.3) is 5.91 Å². The van der Waals surface area contributed by atoms with Crippen LogP contribution in [0.25, 0.3) is 6.08 Å². The van der Waals surface area contributed by atoms with Crippen molar-refractivity contribution in [2.45, 2.75) is 19.4 Å². The predicted molar refractivity (Wildman–Crippen MR) is 120 cm³/mol. The summed E-state index contributed by atoms with van der Waals surface area (Å²) in [5.74, 6) is -0.773. The molecule has 1 aliphatic rings. The first-order valence-electron chi connectivity index (χ1n) is 8.75. The lowest BCUT2D eigenvalue weighted by atomic mass is 10.1. The Balaban J connectivity index is 1.95. The van der Waals surface area contributed by atoms with E-state index in [4.69, 9.17) is 17.0 Å². The number of carbonyl (C=O) groups is 2. The van der Waals surface area contributed by atoms with Crippen LogP contribution in [-0.4, -0.2) is 27.7 Å². The largest absolute Gasteiger partial charge is 0.464 e. The minimum atomic E-state index is -0.895. The number of hydrogen-bond acceptors (Lipinski definition) is 5. The van der Waals surface area contributed by atoms with E-state index >= 15 is 0 Å². The van der Waals surface area contributed by atoms with Gasteiger partial charge in [0.2, 0.25) is 0 Å². The van der Waals surface area contributed by atoms with Crippen molar-refractivity contribution in [3.05, 3.63) is 75.1 Å². The summed E-state index contributed by atoms with van der Waals surface area (Å²) in [6.07, 6.45) is 2.48. The lowest BCUT2D eigenvalue weighted by molar-refractivity contribution is -0.151. The van der Waals surface area contributed by atoms with Crippen LogP contribution in [-0.2, 0) is 14.3 Å². The topological polar surface area (TPSA) is 46.6 Å². The standard InChI is InChI=1S/C21H18BrNO3S2/c1-2-11-26-20(25)18(15-8-4-3-5-9-15)23-19(24)17(28-21(23)27)13-14-7-6-10-16(22)12-14/h3-10,12-13,18H,2,11H2,1H3/b17-13-. The Bertz CT molecular complexity index is 930. The molecule has 144 valence electrons. The summed E-state index contributed by atoms with van der Waals surface area (Å²) in [7, 11) is 0. The maximum atomic E-state index is 13.1. The van der Waals surface area contributed by atoms with Crippen LogP contribution in [0.4, 0.5) is 0 Å². The normalized spacial score (nSPS) is 16.5. The minimum absolute atomic E-state index is 0.294. The molecule has 1 heterocycles. The van der Waals surface area contributed by atoms with Crippen LogP contribution < -0.4 is 0 Å². The van der Waals surface area contributed by atoms with Crippen LogP contribution in [0.15, 0.2) is 64.0 Å². The molecule has 1 fully saturated rings. The fourth-order valence-electron chi connectivity index (χ4n) is 2.76. The Morgan fingerprint density at radius 2 is 2.00 bits per heavy atom. The smallest absolute Gasteiger partial charge is 0.333 e. The zero-order valence-corrected chi connectivity index (χ0v) is 18.4. The van der Waals surface area contributed by atoms with E-state index < -0.39 is 12.0 Å². The van der Waals surface area contributed by atoms with Gasteiger partial charge in [-0.2, -0.15) is 0 Å². The summed E-state index contributed by atoms with van der Waals surface area (Å²) < 4.78 is 6.62. The lowest BCUT2D eigenvalue weighted by Crippen LogP contribution is -2.38. The maximum absolute atomic E-state index is 13.1. The Morgan fingerprint density at radius 3 is 2.68 bits per heavy atom. The molecular formula is C21H18BrNO3S2. The van der Waals surface area contributed by atoms with E-state index in [0.29, 0.717) is 27.8 Å². The molecule has 0 aromatic heterocycles. The summed E-state index contributed by atoms with van der Waals surface area (Å²) in [5.41, 5.74) is 1.54. The summed E-state index contributed by atoms with van der Waals surface area (Å²) in [4.78, 5) is 27.7. The summed E-state index contributed by atoms with van der Waals surface area (Å²) >= 11 is 10.1. The Labute approximate surface area is 182 Å². The molecule has 0 radical (unpaired) electrons. The van der Waals surface area contributed by atoms with Crippen molar-refractivity contribution >= 4 is 62.2 Å². The quantitative estimate of drug-likeness (QED) is 0.320. The highest BCUT2D eigenvalue weighted by Crippen LogP contribution is 2.38. The van der Waals surface area contributed by atoms with Gasteiger partial charge in [-0.1, -0.05) is 89.3 Å². The van der Waals surface area contributed by atoms with Crippen molar-refractivity contribution < 1.29 is 14.3 Å². The third-order valence-corrected chi connectivity index (χ3v) is 5.84. The number of ether oxygens (including phenoxy) is 1. The number of halogens is 1. The number of esters is 1. The van der Waals surface area contributed by atoms with Crippen molar-refractivity contribution in [2.75, 3.05) is 6.61 Å². The number of benzene rings is 2. The summed E-state index contributed by atoms with van der Waals surface area (Å²) in [6, 6.07) is 15.8. The third-order valence-electron chi connectivity index (χ3n) is 4.02. The van der Waals surface area contributed by atoms with Gasteiger partial charge >= 0.3 is 5.97 Å². The Hall–Kier alpha value is -1.96. The second-order valence-corrected chi connectivity index (χ2v) is 8.68. The number of thioether (sulfide) groups is 1. The molecule has 1 amide bonds. The van der Waals surface area contributed by atoms with Gasteiger partial charge in [-0.15, -0.1) is 0 Å². The SMILES string of the molecule is CCCOC(=O)C(c1ccccc1)N1C(=O)/C(=C/c2cccc(Br)c2)SC1=S. The molecule has 1 atom stereocenters. The first kappa shape index (κ1) is 20.8. The van der Waals surface area contributed by atoms with E-state index in [9.17, 15) is 9.59 Å². The minimum Gasteiger partial charge on any atom is -0.464 e. The molecule has 0 saturated carbocycles. The van der Waals surface area contributed by atoms with E-state index in [1.807, 2.05) is 49.4 Å². The van der Waals surface area contributed by atoms with Crippen LogP contribution in [0.5, 0.6) is 0 Å². The molecule has 0 spiro atoms. The number of nitrogens with zero attached hydrogens (tertiary/aromatic N) is 1. The first-order valence-corrected chi connectivity index (χ1v) is 10.8. The molecule has 28 heavy (non-hydrogen) atoms. The van der Waals surface area contributed by atoms with Gasteiger partial charge in [0.1, 0.15) is 4.32 Å². The zero-order chi connectivity index (χ0) is 20.1. The van der Waals surface area contributed by atoms with Gasteiger partial charge in [-0.25, -0.2) is 4.79 Å². The maximum Gasteiger partial charge on any atom is 0.333 e. The van der Waals surface area contributed by atoms with Crippen molar-refractivity contribution in [3.8, 4) is 0 Å². The number of amides is 1. The molecule has 1 saturated heterocycles. The predicted octanol–water partition coefficient (Wildman–Crippen LogP) is 5.34. The average molecular weight is 476 g/mol. The lowest BCUT2D eigenvalue weighted by Gasteiger charge is -2.25. The van der Waals surface area contributed by atoms with E-state index in [2.05, 4.69) is 15.9 Å². The fourth-order valence-corrected chi connectivity index (χ4v) is 4.49. The molecule has 7 heteroatoms. The van der Waals surface area contributed by atoms with Gasteiger partial charge in [-0.05, 0) is 35.8 Å². The molecule has 2 aromatic rings. The number of thiocarbonyl (C=S) groups is 1. The van der Waals surface area contributed by atoms with E-state index in [0.717, 1.165) is 10.0 Å². The Kier molecular flexibility index (Phi) is 7.04. The molecule has 0 N–H and O–H groups in total. The second kappa shape index (κ2) is 9.49. The van der Waals surface area contributed by atoms with Gasteiger partial charge in [-0.3, -0.25) is 9.69 Å². The number of hydrogen-bond donors (Lipinski definition) is 0. The van der Waals surface area contributed by atoms with Crippen molar-refractivity contribution in [2.24, 2.45) is 0 Å². The van der Waals surface area contributed by atoms with E-state index in [-0.39, 0.29) is 5.91 Å². The summed E-state index contributed by atoms with van der Waals surface area (Å²) in [6.45, 7) is 2.22. The second-order valence-electron chi connectivity index (χ2n) is 6.09. The highest BCUT2D eigenvalue weighted by molar-refractivity contribution is 9.10. The van der Waals surface area contributed by atoms with Crippen LogP contribution in [0.2, 0.25) is 0 Å². The third kappa shape index (κ3) is 4.71. The average Bonchev–Trinajstić information content (AvgIpc) is 2.95. The van der Waals surface area contributed by atoms with Crippen LogP contribution in [0, 0.1) is 0 Å². The van der Waals surface area contributed by atoms with E-state index in [1.165, 1.54) is 16.7 Å². The van der Waals surface area contributed by atoms with Crippen LogP contribution in [0.1, 0.15) is 30.5 Å². The van der Waals surface area contributed by atoms with Crippen LogP contribution in [0.3, 0.4) is 0 Å². The highest BCUT2D eigenvalue weighted by Gasteiger charge is 2.42. The summed E-state index contributed by atoms with van der Waals surface area (Å²) in [5, 5.41) is 0. The van der Waals surface area contributed by atoms with Gasteiger partial charge < -0.3 is 4.74 Å². The number of carbonyl (C=O) groups excluding carboxylic acids is 2.